The minimum Gasteiger partial charge on any atom is -0.458 e. The maximum atomic E-state index is 12.5. The van der Waals surface area contributed by atoms with Gasteiger partial charge in [-0.3, -0.25) is 0 Å². The fourth-order valence-corrected chi connectivity index (χ4v) is 11.7. The predicted octanol–water partition coefficient (Wildman–Crippen LogP) is 0.934. The molecule has 13 heteroatoms. The molecule has 0 amide bonds. The van der Waals surface area contributed by atoms with Crippen LogP contribution < -0.4 is 0 Å². The molecule has 2 saturated heterocycles. The Hall–Kier alpha value is -1.23. The fraction of sp³-hybridized carbons (Fsp3) is 0.917. The summed E-state index contributed by atoms with van der Waals surface area (Å²) in [6.45, 7) is 5.97. The van der Waals surface area contributed by atoms with Crippen molar-refractivity contribution in [3.05, 3.63) is 11.6 Å². The van der Waals surface area contributed by atoms with E-state index in [9.17, 15) is 35.4 Å². The molecule has 3 heterocycles. The first-order chi connectivity index (χ1) is 23.2. The van der Waals surface area contributed by atoms with Gasteiger partial charge in [0.15, 0.2) is 12.6 Å². The number of carbonyl (C=O) groups is 1. The summed E-state index contributed by atoms with van der Waals surface area (Å²) in [5.41, 5.74) is -0.629. The third kappa shape index (κ3) is 5.83. The van der Waals surface area contributed by atoms with Crippen LogP contribution in [0.2, 0.25) is 0 Å². The molecule has 0 aromatic carbocycles. The number of aliphatic hydroxyl groups is 6. The zero-order chi connectivity index (χ0) is 35.0. The Morgan fingerprint density at radius 3 is 2.43 bits per heavy atom. The molecule has 278 valence electrons. The van der Waals surface area contributed by atoms with Crippen LogP contribution in [0.5, 0.6) is 0 Å². The predicted molar refractivity (Wildman–Crippen MR) is 170 cm³/mol. The molecule has 0 radical (unpaired) electrons. The van der Waals surface area contributed by atoms with Crippen LogP contribution in [0, 0.1) is 34.5 Å². The Morgan fingerprint density at radius 2 is 1.73 bits per heavy atom. The van der Waals surface area contributed by atoms with Gasteiger partial charge in [0.05, 0.1) is 36.6 Å². The number of fused-ring (bicyclic) bond motifs is 5. The Bertz CT molecular complexity index is 1260. The Kier molecular flexibility index (Phi) is 9.82. The minimum absolute atomic E-state index is 0.0187. The average Bonchev–Trinajstić information content (AvgIpc) is 3.61. The Labute approximate surface area is 287 Å². The zero-order valence-corrected chi connectivity index (χ0v) is 29.1. The van der Waals surface area contributed by atoms with Crippen LogP contribution in [0.15, 0.2) is 11.6 Å². The number of ether oxygens (including phenoxy) is 6. The average molecular weight is 697 g/mol. The number of carbonyl (C=O) groups excluding carboxylic acids is 1. The normalized spacial score (nSPS) is 54.4. The summed E-state index contributed by atoms with van der Waals surface area (Å²) in [6.07, 6.45) is -1.58. The number of hydrogen-bond acceptors (Lipinski definition) is 13. The van der Waals surface area contributed by atoms with Crippen molar-refractivity contribution in [1.82, 2.24) is 0 Å². The maximum absolute atomic E-state index is 12.5. The molecule has 0 bridgehead atoms. The van der Waals surface area contributed by atoms with Crippen LogP contribution in [0.1, 0.15) is 78.6 Å². The van der Waals surface area contributed by atoms with Gasteiger partial charge in [-0.25, -0.2) is 4.79 Å². The van der Waals surface area contributed by atoms with Gasteiger partial charge in [-0.2, -0.15) is 0 Å². The highest BCUT2D eigenvalue weighted by Gasteiger charge is 2.70. The van der Waals surface area contributed by atoms with Gasteiger partial charge in [-0.1, -0.05) is 13.8 Å². The van der Waals surface area contributed by atoms with E-state index >= 15 is 0 Å². The lowest BCUT2D eigenvalue weighted by molar-refractivity contribution is -0.345. The summed E-state index contributed by atoms with van der Waals surface area (Å²) in [4.78, 5) is 11.9. The minimum atomic E-state index is -1.55. The summed E-state index contributed by atoms with van der Waals surface area (Å²) in [7, 11) is 1.56. The SMILES string of the molecule is COC1CC(OC2CCC3(C)C(CCC4C3C(O)CC3(C)C(C5=CC(=O)OC5)CCC43O)C2)OC(C)C1OC1OC(CO)C(O)C(O)C1O. The maximum Gasteiger partial charge on any atom is 0.331 e. The molecule has 4 aliphatic carbocycles. The van der Waals surface area contributed by atoms with E-state index in [4.69, 9.17) is 28.4 Å². The number of rotatable bonds is 7. The quantitative estimate of drug-likeness (QED) is 0.163. The van der Waals surface area contributed by atoms with Gasteiger partial charge in [0.25, 0.3) is 0 Å². The molecule has 0 spiro atoms. The zero-order valence-electron chi connectivity index (χ0n) is 29.1. The number of hydrogen-bond donors (Lipinski definition) is 6. The second-order valence-electron chi connectivity index (χ2n) is 16.6. The number of methoxy groups -OCH3 is 1. The second-order valence-corrected chi connectivity index (χ2v) is 16.6. The smallest absolute Gasteiger partial charge is 0.331 e. The topological polar surface area (TPSA) is 194 Å². The molecular formula is C36H56O13. The van der Waals surface area contributed by atoms with Crippen molar-refractivity contribution in [2.24, 2.45) is 34.5 Å². The van der Waals surface area contributed by atoms with E-state index in [0.717, 1.165) is 44.1 Å². The van der Waals surface area contributed by atoms with Gasteiger partial charge in [0, 0.05) is 25.0 Å². The summed E-state index contributed by atoms with van der Waals surface area (Å²) >= 11 is 0. The van der Waals surface area contributed by atoms with Crippen LogP contribution in [0.4, 0.5) is 0 Å². The van der Waals surface area contributed by atoms with E-state index < -0.39 is 79.0 Å². The highest BCUT2D eigenvalue weighted by atomic mass is 16.7. The monoisotopic (exact) mass is 696 g/mol. The van der Waals surface area contributed by atoms with E-state index in [2.05, 4.69) is 13.8 Å². The van der Waals surface area contributed by atoms with Crippen molar-refractivity contribution in [2.45, 2.75) is 152 Å². The van der Waals surface area contributed by atoms with Gasteiger partial charge in [0.1, 0.15) is 37.1 Å². The highest BCUT2D eigenvalue weighted by molar-refractivity contribution is 5.85. The lowest BCUT2D eigenvalue weighted by atomic mass is 9.42. The van der Waals surface area contributed by atoms with E-state index in [0.29, 0.717) is 25.2 Å². The third-order valence-corrected chi connectivity index (χ3v) is 14.3. The van der Waals surface area contributed by atoms with Gasteiger partial charge in [0.2, 0.25) is 0 Å². The van der Waals surface area contributed by atoms with Crippen LogP contribution >= 0.6 is 0 Å². The molecule has 13 nitrogen and oxygen atoms in total. The summed E-state index contributed by atoms with van der Waals surface area (Å²) in [5, 5.41) is 64.9. The molecule has 18 atom stereocenters. The molecule has 6 N–H and O–H groups in total. The van der Waals surface area contributed by atoms with E-state index in [1.54, 1.807) is 13.2 Å². The number of esters is 1. The van der Waals surface area contributed by atoms with Gasteiger partial charge in [-0.15, -0.1) is 0 Å². The van der Waals surface area contributed by atoms with Crippen LogP contribution in [0.3, 0.4) is 0 Å². The first kappa shape index (κ1) is 36.1. The molecule has 0 aromatic rings. The van der Waals surface area contributed by atoms with Gasteiger partial charge >= 0.3 is 5.97 Å². The number of cyclic esters (lactones) is 1. The molecule has 3 aliphatic heterocycles. The summed E-state index contributed by atoms with van der Waals surface area (Å²) in [6, 6.07) is 0. The van der Waals surface area contributed by atoms with Crippen LogP contribution in [-0.4, -0.2) is 130 Å². The van der Waals surface area contributed by atoms with Crippen LogP contribution in [0.25, 0.3) is 0 Å². The first-order valence-corrected chi connectivity index (χ1v) is 18.3. The Balaban J connectivity index is 0.989. The van der Waals surface area contributed by atoms with Gasteiger partial charge in [-0.05, 0) is 93.0 Å². The van der Waals surface area contributed by atoms with Crippen molar-refractivity contribution < 1.29 is 63.9 Å². The molecule has 49 heavy (non-hydrogen) atoms. The lowest BCUT2D eigenvalue weighted by Gasteiger charge is -2.65. The van der Waals surface area contributed by atoms with Crippen molar-refractivity contribution >= 4 is 5.97 Å². The first-order valence-electron chi connectivity index (χ1n) is 18.3. The second kappa shape index (κ2) is 13.3. The molecule has 7 aliphatic rings. The lowest BCUT2D eigenvalue weighted by Crippen LogP contribution is -2.66. The van der Waals surface area contributed by atoms with Crippen molar-refractivity contribution in [3.8, 4) is 0 Å². The van der Waals surface area contributed by atoms with Gasteiger partial charge < -0.3 is 59.1 Å². The van der Waals surface area contributed by atoms with E-state index in [1.165, 1.54) is 0 Å². The fourth-order valence-electron chi connectivity index (χ4n) is 11.7. The molecule has 0 aromatic heterocycles. The summed E-state index contributed by atoms with van der Waals surface area (Å²) < 4.78 is 35.5. The Morgan fingerprint density at radius 1 is 0.959 bits per heavy atom. The van der Waals surface area contributed by atoms with Crippen molar-refractivity contribution in [3.63, 3.8) is 0 Å². The number of aliphatic hydroxyl groups excluding tert-OH is 5. The summed E-state index contributed by atoms with van der Waals surface area (Å²) in [5.74, 6) is -0.0252. The highest BCUT2D eigenvalue weighted by Crippen LogP contribution is 2.70. The van der Waals surface area contributed by atoms with Crippen molar-refractivity contribution in [2.75, 3.05) is 20.3 Å². The molecule has 7 rings (SSSR count). The molecule has 4 saturated carbocycles. The molecule has 18 unspecified atom stereocenters. The standard InChI is InChI=1S/C36H56O13/c1-17-32(49-33-31(42)30(41)29(40)25(15-37)48-33)24(44-4)13-27(46-17)47-20-7-9-34(2)19(12-20)5-6-22-28(34)23(38)14-35(3)21(8-10-36(22,35)43)18-11-26(39)45-16-18/h11,17,19-25,27-33,37-38,40-43H,5-10,12-16H2,1-4H3. The van der Waals surface area contributed by atoms with E-state index in [1.807, 2.05) is 6.92 Å². The van der Waals surface area contributed by atoms with E-state index in [-0.39, 0.29) is 41.8 Å². The van der Waals surface area contributed by atoms with Crippen molar-refractivity contribution in [1.29, 1.82) is 0 Å². The third-order valence-electron chi connectivity index (χ3n) is 14.3. The molecular weight excluding hydrogens is 640 g/mol. The van der Waals surface area contributed by atoms with Crippen LogP contribution in [-0.2, 0) is 33.2 Å². The molecule has 6 fully saturated rings. The largest absolute Gasteiger partial charge is 0.458 e.